The average Bonchev–Trinajstić information content (AvgIpc) is 2.34. The predicted molar refractivity (Wildman–Crippen MR) is 46.6 cm³/mol. The van der Waals surface area contributed by atoms with Gasteiger partial charge in [-0.3, -0.25) is 0 Å². The first kappa shape index (κ1) is 9.61. The Morgan fingerprint density at radius 3 is 2.58 bits per heavy atom. The predicted octanol–water partition coefficient (Wildman–Crippen LogP) is 2.71. The summed E-state index contributed by atoms with van der Waals surface area (Å²) in [6.07, 6.45) is -2.57. The van der Waals surface area contributed by atoms with E-state index in [4.69, 9.17) is 5.73 Å². The highest BCUT2D eigenvalue weighted by Crippen LogP contribution is 2.24. The fourth-order valence-corrected chi connectivity index (χ4v) is 1.85. The molecule has 1 atom stereocenters. The Morgan fingerprint density at radius 1 is 1.50 bits per heavy atom. The lowest BCUT2D eigenvalue weighted by molar-refractivity contribution is 0.129. The maximum Gasteiger partial charge on any atom is 0.240 e. The lowest BCUT2D eigenvalue weighted by Gasteiger charge is -2.07. The molecule has 0 aliphatic rings. The van der Waals surface area contributed by atoms with Crippen molar-refractivity contribution in [3.05, 3.63) is 21.9 Å². The molecule has 12 heavy (non-hydrogen) atoms. The van der Waals surface area contributed by atoms with Crippen LogP contribution in [-0.4, -0.2) is 6.43 Å². The molecule has 1 rings (SSSR count). The van der Waals surface area contributed by atoms with Crippen molar-refractivity contribution in [2.75, 3.05) is 0 Å². The van der Waals surface area contributed by atoms with Gasteiger partial charge in [-0.25, -0.2) is 8.78 Å². The van der Waals surface area contributed by atoms with Crippen LogP contribution in [0.25, 0.3) is 0 Å². The average molecular weight is 191 g/mol. The van der Waals surface area contributed by atoms with Crippen LogP contribution in [0.5, 0.6) is 0 Å². The SMILES string of the molecule is Cc1ccc([C@@H](N)CC(F)F)s1. The van der Waals surface area contributed by atoms with Crippen molar-refractivity contribution in [2.24, 2.45) is 5.73 Å². The number of hydrogen-bond acceptors (Lipinski definition) is 2. The molecule has 0 radical (unpaired) electrons. The summed E-state index contributed by atoms with van der Waals surface area (Å²) < 4.78 is 23.8. The van der Waals surface area contributed by atoms with Crippen molar-refractivity contribution in [3.8, 4) is 0 Å². The molecule has 1 aromatic heterocycles. The zero-order valence-corrected chi connectivity index (χ0v) is 7.57. The molecule has 0 aliphatic carbocycles. The van der Waals surface area contributed by atoms with Crippen molar-refractivity contribution in [1.29, 1.82) is 0 Å². The summed E-state index contributed by atoms with van der Waals surface area (Å²) in [7, 11) is 0. The minimum atomic E-state index is -2.32. The molecule has 1 aromatic rings. The topological polar surface area (TPSA) is 26.0 Å². The number of nitrogens with two attached hydrogens (primary N) is 1. The van der Waals surface area contributed by atoms with Gasteiger partial charge in [0.2, 0.25) is 6.43 Å². The van der Waals surface area contributed by atoms with Crippen LogP contribution in [0.4, 0.5) is 8.78 Å². The van der Waals surface area contributed by atoms with Gasteiger partial charge in [-0.15, -0.1) is 11.3 Å². The second-order valence-electron chi connectivity index (χ2n) is 2.68. The third-order valence-corrected chi connectivity index (χ3v) is 2.69. The smallest absolute Gasteiger partial charge is 0.240 e. The number of rotatable bonds is 3. The normalized spacial score (nSPS) is 13.8. The van der Waals surface area contributed by atoms with Crippen LogP contribution < -0.4 is 5.73 Å². The molecule has 0 aromatic carbocycles. The number of alkyl halides is 2. The number of thiophene rings is 1. The summed E-state index contributed by atoms with van der Waals surface area (Å²) in [4.78, 5) is 1.95. The summed E-state index contributed by atoms with van der Waals surface area (Å²) in [5, 5.41) is 0. The van der Waals surface area contributed by atoms with Crippen LogP contribution in [0.2, 0.25) is 0 Å². The van der Waals surface area contributed by atoms with E-state index in [1.54, 1.807) is 0 Å². The molecule has 0 spiro atoms. The second-order valence-corrected chi connectivity index (χ2v) is 4.00. The van der Waals surface area contributed by atoms with Gasteiger partial charge in [-0.1, -0.05) is 0 Å². The van der Waals surface area contributed by atoms with Crippen LogP contribution >= 0.6 is 11.3 Å². The van der Waals surface area contributed by atoms with Crippen LogP contribution in [0.3, 0.4) is 0 Å². The third-order valence-electron chi connectivity index (χ3n) is 1.56. The molecule has 68 valence electrons. The maximum atomic E-state index is 11.9. The first-order chi connectivity index (χ1) is 5.59. The Labute approximate surface area is 74.2 Å². The summed E-state index contributed by atoms with van der Waals surface area (Å²) in [5.74, 6) is 0. The highest BCUT2D eigenvalue weighted by Gasteiger charge is 2.13. The van der Waals surface area contributed by atoms with E-state index in [-0.39, 0.29) is 6.42 Å². The quantitative estimate of drug-likeness (QED) is 0.781. The molecular weight excluding hydrogens is 180 g/mol. The zero-order valence-electron chi connectivity index (χ0n) is 6.76. The van der Waals surface area contributed by atoms with Gasteiger partial charge in [0.15, 0.2) is 0 Å². The molecule has 0 bridgehead atoms. The molecule has 0 unspecified atom stereocenters. The van der Waals surface area contributed by atoms with E-state index in [2.05, 4.69) is 0 Å². The first-order valence-corrected chi connectivity index (χ1v) is 4.51. The molecule has 0 aliphatic heterocycles. The highest BCUT2D eigenvalue weighted by molar-refractivity contribution is 7.12. The van der Waals surface area contributed by atoms with Crippen molar-refractivity contribution in [3.63, 3.8) is 0 Å². The number of halogens is 2. The Morgan fingerprint density at radius 2 is 2.17 bits per heavy atom. The van der Waals surface area contributed by atoms with Gasteiger partial charge in [-0.05, 0) is 19.1 Å². The van der Waals surface area contributed by atoms with E-state index < -0.39 is 12.5 Å². The Bertz CT molecular complexity index is 247. The van der Waals surface area contributed by atoms with Gasteiger partial charge in [-0.2, -0.15) is 0 Å². The van der Waals surface area contributed by atoms with E-state index in [1.165, 1.54) is 11.3 Å². The molecule has 1 nitrogen and oxygen atoms in total. The molecule has 0 saturated carbocycles. The van der Waals surface area contributed by atoms with Crippen molar-refractivity contribution < 1.29 is 8.78 Å². The van der Waals surface area contributed by atoms with Crippen LogP contribution in [0, 0.1) is 6.92 Å². The van der Waals surface area contributed by atoms with E-state index in [9.17, 15) is 8.78 Å². The highest BCUT2D eigenvalue weighted by atomic mass is 32.1. The van der Waals surface area contributed by atoms with Gasteiger partial charge in [0.05, 0.1) is 0 Å². The molecule has 4 heteroatoms. The van der Waals surface area contributed by atoms with E-state index in [0.717, 1.165) is 9.75 Å². The van der Waals surface area contributed by atoms with Crippen LogP contribution in [0.15, 0.2) is 12.1 Å². The monoisotopic (exact) mass is 191 g/mol. The fourth-order valence-electron chi connectivity index (χ4n) is 0.961. The molecular formula is C8H11F2NS. The Hall–Kier alpha value is -0.480. The summed E-state index contributed by atoms with van der Waals surface area (Å²) in [6.45, 7) is 1.93. The van der Waals surface area contributed by atoms with Crippen LogP contribution in [-0.2, 0) is 0 Å². The maximum absolute atomic E-state index is 11.9. The molecule has 0 fully saturated rings. The standard InChI is InChI=1S/C8H11F2NS/c1-5-2-3-7(12-5)6(11)4-8(9)10/h2-3,6,8H,4,11H2,1H3/t6-/m0/s1. The second kappa shape index (κ2) is 3.96. The van der Waals surface area contributed by atoms with Gasteiger partial charge in [0.25, 0.3) is 0 Å². The van der Waals surface area contributed by atoms with E-state index in [0.29, 0.717) is 0 Å². The summed E-state index contributed by atoms with van der Waals surface area (Å²) >= 11 is 1.48. The fraction of sp³-hybridized carbons (Fsp3) is 0.500. The molecule has 0 saturated heterocycles. The largest absolute Gasteiger partial charge is 0.323 e. The van der Waals surface area contributed by atoms with E-state index >= 15 is 0 Å². The number of aryl methyl sites for hydroxylation is 1. The minimum Gasteiger partial charge on any atom is -0.323 e. The Kier molecular flexibility index (Phi) is 3.17. The number of hydrogen-bond donors (Lipinski definition) is 1. The first-order valence-electron chi connectivity index (χ1n) is 3.69. The van der Waals surface area contributed by atoms with Crippen LogP contribution in [0.1, 0.15) is 22.2 Å². The minimum absolute atomic E-state index is 0.250. The van der Waals surface area contributed by atoms with Gasteiger partial charge < -0.3 is 5.73 Å². The molecule has 0 amide bonds. The molecule has 2 N–H and O–H groups in total. The van der Waals surface area contributed by atoms with Gasteiger partial charge in [0, 0.05) is 22.2 Å². The van der Waals surface area contributed by atoms with E-state index in [1.807, 2.05) is 19.1 Å². The van der Waals surface area contributed by atoms with Gasteiger partial charge >= 0.3 is 0 Å². The Balaban J connectivity index is 2.58. The lowest BCUT2D eigenvalue weighted by Crippen LogP contribution is -2.12. The summed E-state index contributed by atoms with van der Waals surface area (Å²) in [6, 6.07) is 3.20. The van der Waals surface area contributed by atoms with Crippen molar-refractivity contribution in [1.82, 2.24) is 0 Å². The van der Waals surface area contributed by atoms with Crippen molar-refractivity contribution in [2.45, 2.75) is 25.8 Å². The molecule has 1 heterocycles. The van der Waals surface area contributed by atoms with Crippen molar-refractivity contribution >= 4 is 11.3 Å². The third kappa shape index (κ3) is 2.53. The lowest BCUT2D eigenvalue weighted by atomic mass is 10.2. The van der Waals surface area contributed by atoms with Gasteiger partial charge in [0.1, 0.15) is 0 Å². The summed E-state index contributed by atoms with van der Waals surface area (Å²) in [5.41, 5.74) is 5.54. The zero-order chi connectivity index (χ0) is 9.14.